The van der Waals surface area contributed by atoms with Crippen LogP contribution in [0.3, 0.4) is 0 Å². The van der Waals surface area contributed by atoms with Crippen molar-refractivity contribution < 1.29 is 43.0 Å². The standard InChI is InChI=1S/C42H85O9P/c1-3-5-7-9-11-13-15-17-18-19-20-21-23-25-27-29-31-33-35-48-38-41(39-50-52(46,47)49-37-40(44)36-43)51-42(45)34-32-30-28-26-24-22-16-14-12-10-8-6-4-2/h40-41,43-44H,3-39H2,1-2H3,(H,46,47)/t40-,41+/m0/s1. The van der Waals surface area contributed by atoms with E-state index in [1.165, 1.54) is 167 Å². The van der Waals surface area contributed by atoms with Crippen LogP contribution in [0.1, 0.15) is 219 Å². The normalized spacial score (nSPS) is 14.0. The number of carbonyl (C=O) groups is 1. The fraction of sp³-hybridized carbons (Fsp3) is 0.976. The number of esters is 1. The van der Waals surface area contributed by atoms with E-state index in [-0.39, 0.29) is 25.6 Å². The van der Waals surface area contributed by atoms with Gasteiger partial charge in [0.1, 0.15) is 12.2 Å². The quantitative estimate of drug-likeness (QED) is 0.0315. The van der Waals surface area contributed by atoms with Gasteiger partial charge in [-0.05, 0) is 12.8 Å². The molecule has 1 unspecified atom stereocenters. The summed E-state index contributed by atoms with van der Waals surface area (Å²) in [7, 11) is -4.51. The van der Waals surface area contributed by atoms with Crippen molar-refractivity contribution in [3.63, 3.8) is 0 Å². The molecule has 0 bridgehead atoms. The number of aliphatic hydroxyl groups is 2. The van der Waals surface area contributed by atoms with Gasteiger partial charge in [-0.1, -0.05) is 200 Å². The van der Waals surface area contributed by atoms with Crippen LogP contribution in [0.15, 0.2) is 0 Å². The summed E-state index contributed by atoms with van der Waals surface area (Å²) in [4.78, 5) is 22.5. The zero-order valence-electron chi connectivity index (χ0n) is 34.1. The fourth-order valence-electron chi connectivity index (χ4n) is 6.42. The van der Waals surface area contributed by atoms with E-state index in [1.54, 1.807) is 0 Å². The lowest BCUT2D eigenvalue weighted by Crippen LogP contribution is -2.29. The Balaban J connectivity index is 4.09. The third kappa shape index (κ3) is 39.2. The van der Waals surface area contributed by atoms with Crippen molar-refractivity contribution >= 4 is 13.8 Å². The first kappa shape index (κ1) is 51.5. The Kier molecular flexibility index (Phi) is 39.7. The lowest BCUT2D eigenvalue weighted by Gasteiger charge is -2.20. The van der Waals surface area contributed by atoms with Crippen LogP contribution in [0.5, 0.6) is 0 Å². The number of rotatable bonds is 43. The Hall–Kier alpha value is -0.540. The van der Waals surface area contributed by atoms with E-state index in [0.717, 1.165) is 32.1 Å². The van der Waals surface area contributed by atoms with E-state index in [0.29, 0.717) is 6.61 Å². The number of hydrogen-bond donors (Lipinski definition) is 3. The monoisotopic (exact) mass is 765 g/mol. The summed E-state index contributed by atoms with van der Waals surface area (Å²) >= 11 is 0. The van der Waals surface area contributed by atoms with E-state index in [1.807, 2.05) is 0 Å². The molecule has 0 aliphatic rings. The van der Waals surface area contributed by atoms with Crippen LogP contribution in [0.2, 0.25) is 0 Å². The van der Waals surface area contributed by atoms with Gasteiger partial charge in [0.05, 0.1) is 26.4 Å². The first-order valence-corrected chi connectivity index (χ1v) is 23.5. The van der Waals surface area contributed by atoms with Gasteiger partial charge in [-0.2, -0.15) is 0 Å². The number of hydrogen-bond acceptors (Lipinski definition) is 8. The molecule has 3 N–H and O–H groups in total. The molecule has 10 heteroatoms. The summed E-state index contributed by atoms with van der Waals surface area (Å²) in [5.41, 5.74) is 0. The Morgan fingerprint density at radius 1 is 0.519 bits per heavy atom. The summed E-state index contributed by atoms with van der Waals surface area (Å²) in [6, 6.07) is 0. The second-order valence-electron chi connectivity index (χ2n) is 15.1. The maximum atomic E-state index is 12.6. The molecule has 0 aromatic heterocycles. The van der Waals surface area contributed by atoms with Crippen LogP contribution in [0.25, 0.3) is 0 Å². The van der Waals surface area contributed by atoms with Gasteiger partial charge in [-0.25, -0.2) is 4.57 Å². The van der Waals surface area contributed by atoms with Crippen molar-refractivity contribution in [1.82, 2.24) is 0 Å². The summed E-state index contributed by atoms with van der Waals surface area (Å²) in [5.74, 6) is -0.377. The third-order valence-electron chi connectivity index (χ3n) is 9.79. The number of aliphatic hydroxyl groups excluding tert-OH is 2. The van der Waals surface area contributed by atoms with E-state index in [9.17, 15) is 19.4 Å². The van der Waals surface area contributed by atoms with Gasteiger partial charge < -0.3 is 24.6 Å². The maximum Gasteiger partial charge on any atom is 0.472 e. The van der Waals surface area contributed by atoms with Crippen molar-refractivity contribution in [1.29, 1.82) is 0 Å². The van der Waals surface area contributed by atoms with E-state index in [2.05, 4.69) is 13.8 Å². The summed E-state index contributed by atoms with van der Waals surface area (Å²) in [5, 5.41) is 18.3. The second-order valence-corrected chi connectivity index (χ2v) is 16.5. The third-order valence-corrected chi connectivity index (χ3v) is 10.7. The molecule has 0 aliphatic carbocycles. The number of ether oxygens (including phenoxy) is 2. The van der Waals surface area contributed by atoms with Crippen molar-refractivity contribution in [2.24, 2.45) is 0 Å². The van der Waals surface area contributed by atoms with Crippen molar-refractivity contribution in [3.05, 3.63) is 0 Å². The summed E-state index contributed by atoms with van der Waals surface area (Å²) in [6.45, 7) is 3.57. The van der Waals surface area contributed by atoms with Gasteiger partial charge in [0.15, 0.2) is 0 Å². The molecule has 0 heterocycles. The maximum absolute atomic E-state index is 12.6. The molecule has 0 aromatic carbocycles. The minimum Gasteiger partial charge on any atom is -0.457 e. The van der Waals surface area contributed by atoms with Gasteiger partial charge in [-0.15, -0.1) is 0 Å². The fourth-order valence-corrected chi connectivity index (χ4v) is 7.21. The molecule has 52 heavy (non-hydrogen) atoms. The molecule has 0 radical (unpaired) electrons. The van der Waals surface area contributed by atoms with Gasteiger partial charge in [0.25, 0.3) is 0 Å². The van der Waals surface area contributed by atoms with Crippen LogP contribution in [-0.2, 0) is 27.9 Å². The Morgan fingerprint density at radius 2 is 0.865 bits per heavy atom. The molecule has 0 aromatic rings. The van der Waals surface area contributed by atoms with Crippen LogP contribution >= 0.6 is 7.82 Å². The topological polar surface area (TPSA) is 132 Å². The SMILES string of the molecule is CCCCCCCCCCCCCCCCCCCCOC[C@H](COP(=O)(O)OC[C@@H](O)CO)OC(=O)CCCCCCCCCCCCCCC. The predicted octanol–water partition coefficient (Wildman–Crippen LogP) is 11.9. The Bertz CT molecular complexity index is 785. The molecule has 0 fully saturated rings. The molecule has 3 atom stereocenters. The Labute approximate surface area is 320 Å². The van der Waals surface area contributed by atoms with Gasteiger partial charge in [0.2, 0.25) is 0 Å². The minimum absolute atomic E-state index is 0.0581. The molecule has 9 nitrogen and oxygen atoms in total. The molecule has 312 valence electrons. The van der Waals surface area contributed by atoms with Crippen molar-refractivity contribution in [2.75, 3.05) is 33.0 Å². The average Bonchev–Trinajstić information content (AvgIpc) is 3.13. The van der Waals surface area contributed by atoms with E-state index in [4.69, 9.17) is 23.6 Å². The molecular formula is C42H85O9P. The summed E-state index contributed by atoms with van der Waals surface area (Å²) in [6.07, 6.45) is 37.7. The first-order valence-electron chi connectivity index (χ1n) is 22.0. The minimum atomic E-state index is -4.51. The summed E-state index contributed by atoms with van der Waals surface area (Å²) < 4.78 is 33.4. The molecular weight excluding hydrogens is 679 g/mol. The average molecular weight is 765 g/mol. The second kappa shape index (κ2) is 40.1. The molecule has 0 saturated carbocycles. The van der Waals surface area contributed by atoms with E-state index >= 15 is 0 Å². The molecule has 0 amide bonds. The lowest BCUT2D eigenvalue weighted by atomic mass is 10.0. The van der Waals surface area contributed by atoms with Crippen molar-refractivity contribution in [2.45, 2.75) is 232 Å². The highest BCUT2D eigenvalue weighted by Crippen LogP contribution is 2.43. The zero-order chi connectivity index (χ0) is 38.2. The number of phosphoric acid groups is 1. The molecule has 0 spiro atoms. The highest BCUT2D eigenvalue weighted by atomic mass is 31.2. The molecule has 0 aliphatic heterocycles. The van der Waals surface area contributed by atoms with Gasteiger partial charge in [0, 0.05) is 13.0 Å². The van der Waals surface area contributed by atoms with E-state index < -0.39 is 33.2 Å². The highest BCUT2D eigenvalue weighted by Gasteiger charge is 2.26. The lowest BCUT2D eigenvalue weighted by molar-refractivity contribution is -0.154. The van der Waals surface area contributed by atoms with Crippen molar-refractivity contribution in [3.8, 4) is 0 Å². The highest BCUT2D eigenvalue weighted by molar-refractivity contribution is 7.47. The Morgan fingerprint density at radius 3 is 1.25 bits per heavy atom. The largest absolute Gasteiger partial charge is 0.472 e. The molecule has 0 saturated heterocycles. The number of unbranched alkanes of at least 4 members (excludes halogenated alkanes) is 29. The van der Waals surface area contributed by atoms with Crippen LogP contribution in [0, 0.1) is 0 Å². The zero-order valence-corrected chi connectivity index (χ0v) is 35.0. The van der Waals surface area contributed by atoms with Gasteiger partial charge in [-0.3, -0.25) is 13.8 Å². The smallest absolute Gasteiger partial charge is 0.457 e. The van der Waals surface area contributed by atoms with Gasteiger partial charge >= 0.3 is 13.8 Å². The van der Waals surface area contributed by atoms with Crippen LogP contribution in [0.4, 0.5) is 0 Å². The number of carbonyl (C=O) groups excluding carboxylic acids is 1. The predicted molar refractivity (Wildman–Crippen MR) is 215 cm³/mol. The van der Waals surface area contributed by atoms with Crippen LogP contribution in [-0.4, -0.2) is 66.3 Å². The first-order chi connectivity index (χ1) is 25.3. The number of phosphoric ester groups is 1. The molecule has 0 rings (SSSR count). The van der Waals surface area contributed by atoms with Crippen LogP contribution < -0.4 is 0 Å².